The minimum Gasteiger partial charge on any atom is -0.387 e. The molecule has 0 spiro atoms. The van der Waals surface area contributed by atoms with E-state index in [1.165, 1.54) is 42.7 Å². The highest BCUT2D eigenvalue weighted by molar-refractivity contribution is 6.30. The van der Waals surface area contributed by atoms with Crippen molar-refractivity contribution in [2.45, 2.75) is 76.9 Å². The maximum atomic E-state index is 13.0. The zero-order valence-electron chi connectivity index (χ0n) is 26.4. The van der Waals surface area contributed by atoms with E-state index in [2.05, 4.69) is 34.3 Å². The van der Waals surface area contributed by atoms with Crippen LogP contribution < -0.4 is 5.32 Å². The van der Waals surface area contributed by atoms with Gasteiger partial charge in [-0.05, 0) is 96.9 Å². The summed E-state index contributed by atoms with van der Waals surface area (Å²) in [4.78, 5) is 16.5. The Kier molecular flexibility index (Phi) is 9.04. The van der Waals surface area contributed by atoms with Crippen molar-refractivity contribution in [2.24, 2.45) is 30.2 Å². The van der Waals surface area contributed by atoms with Crippen LogP contribution in [0.4, 0.5) is 14.5 Å². The number of aryl methyl sites for hydroxylation is 1. The Labute approximate surface area is 273 Å². The van der Waals surface area contributed by atoms with Gasteiger partial charge >= 0.3 is 0 Å². The Morgan fingerprint density at radius 1 is 1.13 bits per heavy atom. The van der Waals surface area contributed by atoms with Crippen molar-refractivity contribution in [3.8, 4) is 0 Å². The number of aliphatic hydroxyl groups is 1. The summed E-state index contributed by atoms with van der Waals surface area (Å²) in [6.45, 7) is 4.77. The molecule has 2 aromatic carbocycles. The maximum absolute atomic E-state index is 13.0. The predicted molar refractivity (Wildman–Crippen MR) is 173 cm³/mol. The Morgan fingerprint density at radius 2 is 1.87 bits per heavy atom. The zero-order chi connectivity index (χ0) is 32.6. The molecular formula is C35H41ClF2N6O2. The van der Waals surface area contributed by atoms with Gasteiger partial charge in [-0.15, -0.1) is 0 Å². The first-order valence-corrected chi connectivity index (χ1v) is 16.3. The number of anilines is 1. The molecular weight excluding hydrogens is 610 g/mol. The molecule has 3 fully saturated rings. The fourth-order valence-electron chi connectivity index (χ4n) is 7.21. The molecule has 244 valence electrons. The lowest BCUT2D eigenvalue weighted by Crippen LogP contribution is -2.49. The number of rotatable bonds is 9. The number of nitrogens with zero attached hydrogens (tertiary/aromatic N) is 5. The highest BCUT2D eigenvalue weighted by Crippen LogP contribution is 2.60. The summed E-state index contributed by atoms with van der Waals surface area (Å²) in [5.41, 5.74) is 1.57. The number of para-hydroxylation sites is 1. The summed E-state index contributed by atoms with van der Waals surface area (Å²) in [7, 11) is 1.53. The van der Waals surface area contributed by atoms with E-state index in [0.29, 0.717) is 12.5 Å². The number of carbonyl (C=O) groups is 1. The van der Waals surface area contributed by atoms with Crippen molar-refractivity contribution in [1.82, 2.24) is 24.5 Å². The smallest absolute Gasteiger partial charge is 0.282 e. The summed E-state index contributed by atoms with van der Waals surface area (Å²) < 4.78 is 29.1. The molecule has 0 radical (unpaired) electrons. The Balaban J connectivity index is 0.000000162. The van der Waals surface area contributed by atoms with E-state index in [-0.39, 0.29) is 16.9 Å². The standard InChI is InChI=1S/C18H19F2N3O.C17H22ClN3O/c1-23-9-14(16(22-23)17(19)20)18(24)21-15-5-3-2-4-11(15)13-8-12(13)10-6-7-10;1-16(2)8-7-14(9-13-3-5-15(18)6-4-13)17(16,22)10-21-12-19-11-20-21/h2-5,9-10,12-13,17H,6-8H2,1H3,(H,21,24);3-6,11-12,14,22H,7-10H2,1-2H3/t12-,13-;/m0./s1. The molecule has 11 heteroatoms. The third-order valence-corrected chi connectivity index (χ3v) is 10.5. The van der Waals surface area contributed by atoms with Crippen LogP contribution in [0, 0.1) is 23.2 Å². The Bertz CT molecular complexity index is 1650. The van der Waals surface area contributed by atoms with Crippen LogP contribution in [0.2, 0.25) is 5.02 Å². The molecule has 0 bridgehead atoms. The van der Waals surface area contributed by atoms with E-state index in [9.17, 15) is 18.7 Å². The van der Waals surface area contributed by atoms with Crippen molar-refractivity contribution in [3.05, 3.63) is 94.8 Å². The molecule has 1 amide bonds. The monoisotopic (exact) mass is 650 g/mol. The quantitative estimate of drug-likeness (QED) is 0.196. The number of hydrogen-bond donors (Lipinski definition) is 2. The van der Waals surface area contributed by atoms with Crippen LogP contribution in [-0.2, 0) is 20.0 Å². The van der Waals surface area contributed by atoms with E-state index >= 15 is 0 Å². The van der Waals surface area contributed by atoms with Gasteiger partial charge < -0.3 is 10.4 Å². The summed E-state index contributed by atoms with van der Waals surface area (Å²) >= 11 is 5.96. The molecule has 2 N–H and O–H groups in total. The first kappa shape index (κ1) is 32.3. The van der Waals surface area contributed by atoms with Gasteiger partial charge in [0.1, 0.15) is 18.3 Å². The molecule has 7 rings (SSSR count). The minimum atomic E-state index is -2.77. The van der Waals surface area contributed by atoms with Gasteiger partial charge in [0.15, 0.2) is 0 Å². The fraction of sp³-hybridized carbons (Fsp3) is 0.486. The third kappa shape index (κ3) is 6.88. The molecule has 2 unspecified atom stereocenters. The SMILES string of the molecule is CC1(C)CCC(Cc2ccc(Cl)cc2)C1(O)Cn1cncn1.Cn1cc(C(=O)Nc2ccccc2[C@@H]2C[C@H]2C2CC2)c(C(F)F)n1. The number of amides is 1. The Morgan fingerprint density at radius 3 is 2.54 bits per heavy atom. The number of halogens is 3. The molecule has 3 aliphatic rings. The fourth-order valence-corrected chi connectivity index (χ4v) is 7.33. The topological polar surface area (TPSA) is 97.9 Å². The summed E-state index contributed by atoms with van der Waals surface area (Å²) in [6.07, 6.45) is 8.40. The highest BCUT2D eigenvalue weighted by atomic mass is 35.5. The van der Waals surface area contributed by atoms with Gasteiger partial charge in [-0.3, -0.25) is 14.2 Å². The second kappa shape index (κ2) is 12.9. The normalized spacial score (nSPS) is 24.8. The molecule has 3 saturated carbocycles. The predicted octanol–water partition coefficient (Wildman–Crippen LogP) is 7.47. The van der Waals surface area contributed by atoms with Crippen LogP contribution in [0.3, 0.4) is 0 Å². The van der Waals surface area contributed by atoms with Gasteiger partial charge in [-0.25, -0.2) is 13.8 Å². The van der Waals surface area contributed by atoms with Crippen molar-refractivity contribution in [1.29, 1.82) is 0 Å². The van der Waals surface area contributed by atoms with Gasteiger partial charge in [0, 0.05) is 24.0 Å². The number of benzene rings is 2. The number of hydrogen-bond acceptors (Lipinski definition) is 5. The van der Waals surface area contributed by atoms with Crippen LogP contribution in [0.25, 0.3) is 0 Å². The van der Waals surface area contributed by atoms with Gasteiger partial charge in [-0.1, -0.05) is 55.8 Å². The second-order valence-corrected chi connectivity index (χ2v) is 14.2. The third-order valence-electron chi connectivity index (χ3n) is 10.2. The average Bonchev–Trinajstić information content (AvgIpc) is 3.91. The number of aromatic nitrogens is 5. The molecule has 4 aromatic rings. The van der Waals surface area contributed by atoms with Gasteiger partial charge in [0.2, 0.25) is 0 Å². The lowest BCUT2D eigenvalue weighted by Gasteiger charge is -2.40. The maximum Gasteiger partial charge on any atom is 0.282 e. The van der Waals surface area contributed by atoms with Gasteiger partial charge in [-0.2, -0.15) is 10.2 Å². The van der Waals surface area contributed by atoms with Crippen molar-refractivity contribution < 1.29 is 18.7 Å². The van der Waals surface area contributed by atoms with Gasteiger partial charge in [0.25, 0.3) is 12.3 Å². The minimum absolute atomic E-state index is 0.0724. The second-order valence-electron chi connectivity index (χ2n) is 13.8. The summed E-state index contributed by atoms with van der Waals surface area (Å²) in [6, 6.07) is 15.6. The average molecular weight is 651 g/mol. The molecule has 0 saturated heterocycles. The van der Waals surface area contributed by atoms with E-state index in [4.69, 9.17) is 11.6 Å². The van der Waals surface area contributed by atoms with Gasteiger partial charge in [0.05, 0.1) is 17.7 Å². The molecule has 0 aliphatic heterocycles. The van der Waals surface area contributed by atoms with Crippen molar-refractivity contribution >= 4 is 23.2 Å². The summed E-state index contributed by atoms with van der Waals surface area (Å²) in [5, 5.41) is 22.9. The molecule has 4 atom stereocenters. The lowest BCUT2D eigenvalue weighted by molar-refractivity contribution is -0.0907. The van der Waals surface area contributed by atoms with E-state index in [1.807, 2.05) is 48.5 Å². The first-order chi connectivity index (χ1) is 21.9. The van der Waals surface area contributed by atoms with Crippen molar-refractivity contribution in [3.63, 3.8) is 0 Å². The lowest BCUT2D eigenvalue weighted by atomic mass is 9.72. The van der Waals surface area contributed by atoms with E-state index in [1.54, 1.807) is 11.0 Å². The molecule has 8 nitrogen and oxygen atoms in total. The van der Waals surface area contributed by atoms with Crippen LogP contribution in [-0.4, -0.2) is 41.2 Å². The molecule has 2 heterocycles. The summed E-state index contributed by atoms with van der Waals surface area (Å²) in [5.74, 6) is 1.71. The van der Waals surface area contributed by atoms with Crippen LogP contribution >= 0.6 is 11.6 Å². The Hall–Kier alpha value is -3.63. The van der Waals surface area contributed by atoms with Crippen LogP contribution in [0.5, 0.6) is 0 Å². The zero-order valence-corrected chi connectivity index (χ0v) is 27.2. The van der Waals surface area contributed by atoms with Crippen molar-refractivity contribution in [2.75, 3.05) is 5.32 Å². The molecule has 3 aliphatic carbocycles. The molecule has 46 heavy (non-hydrogen) atoms. The highest BCUT2D eigenvalue weighted by Gasteiger charge is 2.54. The number of alkyl halides is 2. The van der Waals surface area contributed by atoms with Crippen LogP contribution in [0.15, 0.2) is 67.4 Å². The van der Waals surface area contributed by atoms with Crippen LogP contribution in [0.1, 0.15) is 85.5 Å². The van der Waals surface area contributed by atoms with E-state index < -0.39 is 23.6 Å². The number of carbonyl (C=O) groups excluding carboxylic acids is 1. The van der Waals surface area contributed by atoms with E-state index in [0.717, 1.165) is 53.8 Å². The number of nitrogens with one attached hydrogen (secondary N) is 1. The first-order valence-electron chi connectivity index (χ1n) is 16.0. The molecule has 2 aromatic heterocycles. The largest absolute Gasteiger partial charge is 0.387 e.